The molecule has 5 heterocycles. The van der Waals surface area contributed by atoms with Gasteiger partial charge >= 0.3 is 5.97 Å². The van der Waals surface area contributed by atoms with E-state index in [9.17, 15) is 14.3 Å². The summed E-state index contributed by atoms with van der Waals surface area (Å²) in [4.78, 5) is 21.0. The maximum atomic E-state index is 14.0. The van der Waals surface area contributed by atoms with Crippen molar-refractivity contribution in [1.29, 1.82) is 0 Å². The summed E-state index contributed by atoms with van der Waals surface area (Å²) < 4.78 is 37.4. The molecule has 14 heteroatoms. The minimum absolute atomic E-state index is 0.203. The van der Waals surface area contributed by atoms with Crippen molar-refractivity contribution in [2.24, 2.45) is 0 Å². The molecule has 0 radical (unpaired) electrons. The fourth-order valence-corrected chi connectivity index (χ4v) is 6.88. The number of nitrogens with zero attached hydrogens (tertiary/aromatic N) is 7. The van der Waals surface area contributed by atoms with Gasteiger partial charge < -0.3 is 19.3 Å². The second-order valence-electron chi connectivity index (χ2n) is 11.1. The van der Waals surface area contributed by atoms with E-state index in [1.807, 2.05) is 55.5 Å². The SMILES string of the molecule is Cc1nc2ccc(-n3nc(C(=O)O)nc3[C@H]3C[C@@H](n4cc(-c5cccc(F)c5)nn4)[C@H]4OC(c5ccccc5)OC[C@H]4O3)cc2s1. The smallest absolute Gasteiger partial charge is 0.375 e. The quantitative estimate of drug-likeness (QED) is 0.250. The van der Waals surface area contributed by atoms with Gasteiger partial charge in [0.2, 0.25) is 0 Å². The van der Waals surface area contributed by atoms with Gasteiger partial charge in [-0.25, -0.2) is 28.5 Å². The third-order valence-electron chi connectivity index (χ3n) is 8.11. The van der Waals surface area contributed by atoms with Crippen LogP contribution in [0.3, 0.4) is 0 Å². The number of carbonyl (C=O) groups is 1. The van der Waals surface area contributed by atoms with E-state index in [1.54, 1.807) is 23.0 Å². The van der Waals surface area contributed by atoms with Crippen LogP contribution in [0.4, 0.5) is 4.39 Å². The standard InChI is InChI=1S/C32H26FN7O5S/c1-17-34-22-11-10-21(13-27(22)46-17)40-30(35-29(37-40)31(41)42)25-14-24(39-15-23(36-38-39)19-8-5-9-20(33)12-19)28-26(44-25)16-43-32(45-28)18-6-3-2-4-7-18/h2-13,15,24-26,28,32H,14,16H2,1H3,(H,41,42)/t24-,25-,26-,28-,32?/m1/s1. The van der Waals surface area contributed by atoms with Crippen molar-refractivity contribution in [3.8, 4) is 16.9 Å². The van der Waals surface area contributed by atoms with Crippen molar-refractivity contribution in [2.75, 3.05) is 6.61 Å². The lowest BCUT2D eigenvalue weighted by atomic mass is 9.93. The van der Waals surface area contributed by atoms with Crippen LogP contribution in [0.15, 0.2) is 79.0 Å². The number of carboxylic acid groups (broad SMARTS) is 1. The van der Waals surface area contributed by atoms with E-state index in [-0.39, 0.29) is 18.2 Å². The molecule has 1 N–H and O–H groups in total. The Balaban J connectivity index is 1.19. The van der Waals surface area contributed by atoms with Crippen LogP contribution in [0, 0.1) is 12.7 Å². The van der Waals surface area contributed by atoms with E-state index in [2.05, 4.69) is 25.4 Å². The zero-order valence-electron chi connectivity index (χ0n) is 24.3. The summed E-state index contributed by atoms with van der Waals surface area (Å²) in [5.41, 5.74) is 3.41. The Morgan fingerprint density at radius 2 is 1.91 bits per heavy atom. The Bertz CT molecular complexity index is 2060. The Labute approximate surface area is 265 Å². The van der Waals surface area contributed by atoms with E-state index in [4.69, 9.17) is 14.2 Å². The first-order valence-corrected chi connectivity index (χ1v) is 15.4. The van der Waals surface area contributed by atoms with Gasteiger partial charge in [-0.3, -0.25) is 0 Å². The molecule has 0 amide bonds. The summed E-state index contributed by atoms with van der Waals surface area (Å²) in [6, 6.07) is 21.0. The molecule has 1 unspecified atom stereocenters. The molecule has 232 valence electrons. The van der Waals surface area contributed by atoms with Crippen LogP contribution < -0.4 is 0 Å². The molecule has 8 rings (SSSR count). The van der Waals surface area contributed by atoms with E-state index >= 15 is 0 Å². The van der Waals surface area contributed by atoms with Crippen molar-refractivity contribution < 1.29 is 28.5 Å². The predicted octanol–water partition coefficient (Wildman–Crippen LogP) is 5.47. The first-order chi connectivity index (χ1) is 22.4. The van der Waals surface area contributed by atoms with Crippen LogP contribution in [-0.2, 0) is 14.2 Å². The molecule has 2 fully saturated rings. The topological polar surface area (TPSA) is 139 Å². The average Bonchev–Trinajstić information content (AvgIpc) is 3.82. The molecule has 12 nitrogen and oxygen atoms in total. The molecule has 3 aromatic heterocycles. The molecule has 46 heavy (non-hydrogen) atoms. The molecule has 2 aliphatic rings. The average molecular weight is 640 g/mol. The number of thiazole rings is 1. The molecule has 0 aliphatic carbocycles. The molecule has 2 saturated heterocycles. The van der Waals surface area contributed by atoms with Crippen LogP contribution in [0.5, 0.6) is 0 Å². The van der Waals surface area contributed by atoms with Crippen molar-refractivity contribution in [3.05, 3.63) is 107 Å². The largest absolute Gasteiger partial charge is 0.475 e. The maximum absolute atomic E-state index is 14.0. The van der Waals surface area contributed by atoms with Gasteiger partial charge in [-0.05, 0) is 37.3 Å². The fraction of sp³-hybridized carbons (Fsp3) is 0.250. The predicted molar refractivity (Wildman–Crippen MR) is 163 cm³/mol. The highest BCUT2D eigenvalue weighted by Crippen LogP contribution is 2.44. The van der Waals surface area contributed by atoms with Gasteiger partial charge in [0.15, 0.2) is 12.1 Å². The van der Waals surface area contributed by atoms with Gasteiger partial charge in [0.05, 0.1) is 39.8 Å². The Morgan fingerprint density at radius 3 is 2.74 bits per heavy atom. The first kappa shape index (κ1) is 28.6. The summed E-state index contributed by atoms with van der Waals surface area (Å²) >= 11 is 1.53. The number of hydrogen-bond acceptors (Lipinski definition) is 10. The number of halogens is 1. The minimum atomic E-state index is -1.26. The molecule has 2 aliphatic heterocycles. The van der Waals surface area contributed by atoms with Crippen molar-refractivity contribution in [2.45, 2.75) is 44.0 Å². The number of carboxylic acids is 1. The third kappa shape index (κ3) is 5.24. The molecule has 0 bridgehead atoms. The summed E-state index contributed by atoms with van der Waals surface area (Å²) in [7, 11) is 0. The molecular formula is C32H26FN7O5S. The number of fused-ring (bicyclic) bond motifs is 2. The Morgan fingerprint density at radius 1 is 1.04 bits per heavy atom. The number of aromatic nitrogens is 7. The zero-order chi connectivity index (χ0) is 31.4. The van der Waals surface area contributed by atoms with E-state index in [0.29, 0.717) is 29.2 Å². The maximum Gasteiger partial charge on any atom is 0.375 e. The van der Waals surface area contributed by atoms with Gasteiger partial charge in [-0.2, -0.15) is 0 Å². The number of benzene rings is 3. The van der Waals surface area contributed by atoms with Crippen LogP contribution in [-0.4, -0.2) is 64.6 Å². The lowest BCUT2D eigenvalue weighted by molar-refractivity contribution is -0.302. The molecule has 5 atom stereocenters. The molecule has 3 aromatic carbocycles. The van der Waals surface area contributed by atoms with Crippen molar-refractivity contribution in [3.63, 3.8) is 0 Å². The van der Waals surface area contributed by atoms with Gasteiger partial charge in [-0.1, -0.05) is 47.7 Å². The highest BCUT2D eigenvalue weighted by molar-refractivity contribution is 7.18. The molecule has 0 spiro atoms. The van der Waals surface area contributed by atoms with Gasteiger partial charge in [0.1, 0.15) is 29.8 Å². The van der Waals surface area contributed by atoms with Crippen LogP contribution in [0.1, 0.15) is 51.9 Å². The molecule has 0 saturated carbocycles. The summed E-state index contributed by atoms with van der Waals surface area (Å²) in [5, 5.41) is 23.9. The first-order valence-electron chi connectivity index (χ1n) is 14.6. The second kappa shape index (κ2) is 11.5. The number of aromatic carboxylic acids is 1. The van der Waals surface area contributed by atoms with E-state index < -0.39 is 36.6 Å². The summed E-state index contributed by atoms with van der Waals surface area (Å²) in [6.07, 6.45) is -0.363. The fourth-order valence-electron chi connectivity index (χ4n) is 6.02. The highest BCUT2D eigenvalue weighted by atomic mass is 32.1. The van der Waals surface area contributed by atoms with E-state index in [0.717, 1.165) is 20.8 Å². The normalized spacial score (nSPS) is 23.0. The monoisotopic (exact) mass is 639 g/mol. The third-order valence-corrected chi connectivity index (χ3v) is 9.04. The minimum Gasteiger partial charge on any atom is -0.475 e. The number of aryl methyl sites for hydroxylation is 1. The van der Waals surface area contributed by atoms with Crippen molar-refractivity contribution >= 4 is 27.5 Å². The lowest BCUT2D eigenvalue weighted by Gasteiger charge is -2.45. The van der Waals surface area contributed by atoms with Crippen LogP contribution >= 0.6 is 11.3 Å². The van der Waals surface area contributed by atoms with Crippen molar-refractivity contribution in [1.82, 2.24) is 34.7 Å². The highest BCUT2D eigenvalue weighted by Gasteiger charge is 2.47. The van der Waals surface area contributed by atoms with Gasteiger partial charge in [0, 0.05) is 17.5 Å². The number of rotatable bonds is 6. The number of hydrogen-bond donors (Lipinski definition) is 1. The second-order valence-corrected chi connectivity index (χ2v) is 12.4. The molecule has 6 aromatic rings. The van der Waals surface area contributed by atoms with Gasteiger partial charge in [0.25, 0.3) is 5.82 Å². The Kier molecular flexibility index (Phi) is 7.13. The van der Waals surface area contributed by atoms with E-state index in [1.165, 1.54) is 28.2 Å². The van der Waals surface area contributed by atoms with Crippen LogP contribution in [0.2, 0.25) is 0 Å². The molecular weight excluding hydrogens is 613 g/mol. The van der Waals surface area contributed by atoms with Gasteiger partial charge in [-0.15, -0.1) is 21.5 Å². The Hall–Kier alpha value is -4.89. The number of ether oxygens (including phenoxy) is 3. The summed E-state index contributed by atoms with van der Waals surface area (Å²) in [6.45, 7) is 2.13. The summed E-state index contributed by atoms with van der Waals surface area (Å²) in [5.74, 6) is -1.67. The van der Waals surface area contributed by atoms with Crippen LogP contribution in [0.25, 0.3) is 27.2 Å². The lowest BCUT2D eigenvalue weighted by Crippen LogP contribution is -2.51. The zero-order valence-corrected chi connectivity index (χ0v) is 25.1.